The smallest absolute Gasteiger partial charge is 0.257 e. The number of pyridine rings is 1. The molecule has 0 bridgehead atoms. The van der Waals surface area contributed by atoms with Gasteiger partial charge >= 0.3 is 0 Å². The number of benzene rings is 1. The monoisotopic (exact) mass is 258 g/mol. The normalized spacial score (nSPS) is 11.8. The van der Waals surface area contributed by atoms with E-state index in [2.05, 4.69) is 10.3 Å². The molecule has 98 valence electrons. The van der Waals surface area contributed by atoms with E-state index in [1.165, 1.54) is 6.20 Å². The van der Waals surface area contributed by atoms with Crippen LogP contribution in [0, 0.1) is 0 Å². The van der Waals surface area contributed by atoms with Crippen molar-refractivity contribution in [3.63, 3.8) is 0 Å². The van der Waals surface area contributed by atoms with Gasteiger partial charge in [-0.15, -0.1) is 0 Å². The quantitative estimate of drug-likeness (QED) is 0.781. The highest BCUT2D eigenvalue weighted by atomic mass is 16.3. The maximum atomic E-state index is 12.0. The maximum Gasteiger partial charge on any atom is 0.257 e. The van der Waals surface area contributed by atoms with Crippen LogP contribution in [0.5, 0.6) is 5.75 Å². The molecule has 1 atom stereocenters. The van der Waals surface area contributed by atoms with Crippen molar-refractivity contribution in [3.8, 4) is 5.75 Å². The molecule has 0 aliphatic carbocycles. The molecule has 1 unspecified atom stereocenters. The number of nitrogens with one attached hydrogen (secondary N) is 2. The Labute approximate surface area is 109 Å². The van der Waals surface area contributed by atoms with Gasteiger partial charge in [0.2, 0.25) is 0 Å². The van der Waals surface area contributed by atoms with E-state index in [9.17, 15) is 14.7 Å². The number of aromatic nitrogens is 1. The highest BCUT2D eigenvalue weighted by Gasteiger charge is 2.14. The van der Waals surface area contributed by atoms with Gasteiger partial charge in [-0.05, 0) is 12.5 Å². The van der Waals surface area contributed by atoms with Crippen molar-refractivity contribution >= 4 is 5.91 Å². The van der Waals surface area contributed by atoms with Crippen LogP contribution in [0.4, 0.5) is 0 Å². The lowest BCUT2D eigenvalue weighted by atomic mass is 10.1. The van der Waals surface area contributed by atoms with Gasteiger partial charge in [0.15, 0.2) is 0 Å². The molecule has 1 heterocycles. The van der Waals surface area contributed by atoms with E-state index in [1.54, 1.807) is 0 Å². The lowest BCUT2D eigenvalue weighted by Gasteiger charge is -2.14. The molecule has 2 aromatic rings. The second-order valence-corrected chi connectivity index (χ2v) is 4.20. The van der Waals surface area contributed by atoms with E-state index < -0.39 is 11.5 Å². The molecule has 0 saturated heterocycles. The summed E-state index contributed by atoms with van der Waals surface area (Å²) in [5.74, 6) is -0.772. The summed E-state index contributed by atoms with van der Waals surface area (Å²) in [5, 5.41) is 12.3. The third kappa shape index (κ3) is 3.01. The molecule has 5 nitrogen and oxygen atoms in total. The second-order valence-electron chi connectivity index (χ2n) is 4.20. The van der Waals surface area contributed by atoms with Crippen LogP contribution in [0.2, 0.25) is 0 Å². The molecular formula is C14H14N2O3. The van der Waals surface area contributed by atoms with Gasteiger partial charge in [-0.3, -0.25) is 9.59 Å². The zero-order chi connectivity index (χ0) is 13.8. The second kappa shape index (κ2) is 5.39. The van der Waals surface area contributed by atoms with Gasteiger partial charge in [0.05, 0.1) is 11.6 Å². The predicted molar refractivity (Wildman–Crippen MR) is 71.1 cm³/mol. The summed E-state index contributed by atoms with van der Waals surface area (Å²) >= 11 is 0. The molecule has 0 aliphatic heterocycles. The predicted octanol–water partition coefficient (Wildman–Crippen LogP) is 1.57. The average molecular weight is 258 g/mol. The summed E-state index contributed by atoms with van der Waals surface area (Å²) in [4.78, 5) is 25.3. The number of aromatic amines is 1. The fourth-order valence-electron chi connectivity index (χ4n) is 1.74. The zero-order valence-corrected chi connectivity index (χ0v) is 10.4. The Morgan fingerprint density at radius 2 is 2.00 bits per heavy atom. The van der Waals surface area contributed by atoms with Gasteiger partial charge in [-0.1, -0.05) is 30.3 Å². The molecule has 1 amide bonds. The molecule has 0 saturated carbocycles. The minimum absolute atomic E-state index is 0.0439. The molecule has 2 rings (SSSR count). The molecular weight excluding hydrogens is 244 g/mol. The third-order valence-electron chi connectivity index (χ3n) is 2.79. The van der Waals surface area contributed by atoms with Crippen LogP contribution in [0.25, 0.3) is 0 Å². The standard InChI is InChI=1S/C14H14N2O3/c1-9(10-5-3-2-4-6-10)16-14(19)11-8-15-13(18)7-12(11)17/h2-9H,1H3,(H,16,19)(H2,15,17,18). The van der Waals surface area contributed by atoms with Crippen molar-refractivity contribution in [2.24, 2.45) is 0 Å². The minimum atomic E-state index is -0.454. The molecule has 0 fully saturated rings. The molecule has 0 spiro atoms. The van der Waals surface area contributed by atoms with Crippen LogP contribution in [-0.4, -0.2) is 16.0 Å². The number of carbonyl (C=O) groups excluding carboxylic acids is 1. The van der Waals surface area contributed by atoms with Crippen LogP contribution in [-0.2, 0) is 0 Å². The van der Waals surface area contributed by atoms with E-state index in [-0.39, 0.29) is 17.4 Å². The van der Waals surface area contributed by atoms with Crippen LogP contribution in [0.15, 0.2) is 47.4 Å². The van der Waals surface area contributed by atoms with Crippen molar-refractivity contribution in [2.75, 3.05) is 0 Å². The summed E-state index contributed by atoms with van der Waals surface area (Å²) in [6.45, 7) is 1.84. The summed E-state index contributed by atoms with van der Waals surface area (Å²) < 4.78 is 0. The van der Waals surface area contributed by atoms with Crippen molar-refractivity contribution < 1.29 is 9.90 Å². The van der Waals surface area contributed by atoms with Crippen LogP contribution in [0.3, 0.4) is 0 Å². The Hall–Kier alpha value is -2.56. The Balaban J connectivity index is 2.15. The number of hydrogen-bond donors (Lipinski definition) is 3. The van der Waals surface area contributed by atoms with Gasteiger partial charge in [-0.25, -0.2) is 0 Å². The number of carbonyl (C=O) groups is 1. The Bertz CT molecular complexity index is 635. The zero-order valence-electron chi connectivity index (χ0n) is 10.4. The van der Waals surface area contributed by atoms with E-state index in [1.807, 2.05) is 37.3 Å². The average Bonchev–Trinajstić information content (AvgIpc) is 2.39. The number of rotatable bonds is 3. The fraction of sp³-hybridized carbons (Fsp3) is 0.143. The largest absolute Gasteiger partial charge is 0.507 e. The van der Waals surface area contributed by atoms with Gasteiger partial charge in [0.1, 0.15) is 5.75 Å². The number of amides is 1. The third-order valence-corrected chi connectivity index (χ3v) is 2.79. The van der Waals surface area contributed by atoms with Crippen LogP contribution < -0.4 is 10.9 Å². The first-order valence-corrected chi connectivity index (χ1v) is 5.85. The van der Waals surface area contributed by atoms with Gasteiger partial charge < -0.3 is 15.4 Å². The highest BCUT2D eigenvalue weighted by Crippen LogP contribution is 2.15. The Morgan fingerprint density at radius 3 is 2.63 bits per heavy atom. The fourth-order valence-corrected chi connectivity index (χ4v) is 1.74. The van der Waals surface area contributed by atoms with Gasteiger partial charge in [0, 0.05) is 12.3 Å². The Kier molecular flexibility index (Phi) is 3.66. The highest BCUT2D eigenvalue weighted by molar-refractivity contribution is 5.96. The van der Waals surface area contributed by atoms with E-state index in [0.717, 1.165) is 11.6 Å². The molecule has 5 heteroatoms. The molecule has 1 aromatic heterocycles. The lowest BCUT2D eigenvalue weighted by Crippen LogP contribution is -2.27. The number of hydrogen-bond acceptors (Lipinski definition) is 3. The summed E-state index contributed by atoms with van der Waals surface area (Å²) in [6.07, 6.45) is 1.20. The van der Waals surface area contributed by atoms with Crippen molar-refractivity contribution in [1.82, 2.24) is 10.3 Å². The van der Waals surface area contributed by atoms with Crippen molar-refractivity contribution in [2.45, 2.75) is 13.0 Å². The summed E-state index contributed by atoms with van der Waals surface area (Å²) in [7, 11) is 0. The van der Waals surface area contributed by atoms with Crippen molar-refractivity contribution in [3.05, 3.63) is 64.1 Å². The van der Waals surface area contributed by atoms with Gasteiger partial charge in [-0.2, -0.15) is 0 Å². The lowest BCUT2D eigenvalue weighted by molar-refractivity contribution is 0.0937. The number of H-pyrrole nitrogens is 1. The SMILES string of the molecule is CC(NC(=O)c1c[nH]c(=O)cc1O)c1ccccc1. The van der Waals surface area contributed by atoms with Gasteiger partial charge in [0.25, 0.3) is 11.5 Å². The van der Waals surface area contributed by atoms with Crippen LogP contribution in [0.1, 0.15) is 28.9 Å². The first-order chi connectivity index (χ1) is 9.08. The van der Waals surface area contributed by atoms with E-state index in [0.29, 0.717) is 0 Å². The molecule has 0 aliphatic rings. The molecule has 1 aromatic carbocycles. The van der Waals surface area contributed by atoms with Crippen LogP contribution >= 0.6 is 0 Å². The number of aromatic hydroxyl groups is 1. The Morgan fingerprint density at radius 1 is 1.32 bits per heavy atom. The first kappa shape index (κ1) is 12.9. The first-order valence-electron chi connectivity index (χ1n) is 5.85. The minimum Gasteiger partial charge on any atom is -0.507 e. The maximum absolute atomic E-state index is 12.0. The topological polar surface area (TPSA) is 82.2 Å². The molecule has 19 heavy (non-hydrogen) atoms. The molecule has 3 N–H and O–H groups in total. The summed E-state index contributed by atoms with van der Waals surface area (Å²) in [6, 6.07) is 10.2. The molecule has 0 radical (unpaired) electrons. The summed E-state index contributed by atoms with van der Waals surface area (Å²) in [5.41, 5.74) is 0.548. The van der Waals surface area contributed by atoms with Crippen molar-refractivity contribution in [1.29, 1.82) is 0 Å². The van der Waals surface area contributed by atoms with E-state index in [4.69, 9.17) is 0 Å². The van der Waals surface area contributed by atoms with E-state index >= 15 is 0 Å².